The lowest BCUT2D eigenvalue weighted by atomic mass is 9.98. The van der Waals surface area contributed by atoms with Crippen LogP contribution in [0.25, 0.3) is 0 Å². The van der Waals surface area contributed by atoms with Crippen LogP contribution in [0.1, 0.15) is 56.3 Å². The van der Waals surface area contributed by atoms with Crippen molar-refractivity contribution >= 4 is 17.3 Å². The molecule has 136 valence electrons. The molecule has 0 aromatic heterocycles. The van der Waals surface area contributed by atoms with Crippen molar-refractivity contribution in [3.8, 4) is 0 Å². The Balaban J connectivity index is 1.88. The molecule has 2 heterocycles. The average molecular weight is 345 g/mol. The summed E-state index contributed by atoms with van der Waals surface area (Å²) < 4.78 is 0. The van der Waals surface area contributed by atoms with Crippen LogP contribution in [-0.2, 0) is 0 Å². The Morgan fingerprint density at radius 2 is 1.96 bits per heavy atom. The lowest BCUT2D eigenvalue weighted by molar-refractivity contribution is -0.384. The minimum absolute atomic E-state index is 0.0459. The third-order valence-corrected chi connectivity index (χ3v) is 5.48. The van der Waals surface area contributed by atoms with Crippen molar-refractivity contribution in [2.45, 2.75) is 52.0 Å². The second kappa shape index (κ2) is 7.42. The van der Waals surface area contributed by atoms with Gasteiger partial charge in [0.05, 0.1) is 4.92 Å². The van der Waals surface area contributed by atoms with Gasteiger partial charge in [-0.15, -0.1) is 0 Å². The number of nitrogens with zero attached hydrogens (tertiary/aromatic N) is 3. The van der Waals surface area contributed by atoms with Crippen LogP contribution in [0, 0.1) is 16.0 Å². The van der Waals surface area contributed by atoms with Crippen molar-refractivity contribution < 1.29 is 9.72 Å². The number of amides is 1. The molecule has 3 rings (SSSR count). The first-order valence-electron chi connectivity index (χ1n) is 9.31. The fraction of sp³-hybridized carbons (Fsp3) is 0.632. The number of hydrogen-bond donors (Lipinski definition) is 0. The van der Waals surface area contributed by atoms with E-state index in [1.54, 1.807) is 12.1 Å². The van der Waals surface area contributed by atoms with Gasteiger partial charge in [0.15, 0.2) is 0 Å². The SMILES string of the molecule is CC1CCCN(c2ccc(C(=O)N3CCCCC3C)cc2[N+](=O)[O-])C1. The minimum Gasteiger partial charge on any atom is -0.366 e. The summed E-state index contributed by atoms with van der Waals surface area (Å²) in [5, 5.41) is 11.6. The summed E-state index contributed by atoms with van der Waals surface area (Å²) in [6.07, 6.45) is 5.34. The van der Waals surface area contributed by atoms with Gasteiger partial charge in [-0.05, 0) is 57.1 Å². The maximum atomic E-state index is 12.8. The molecule has 0 saturated carbocycles. The summed E-state index contributed by atoms with van der Waals surface area (Å²) in [6.45, 7) is 6.63. The molecule has 6 nitrogen and oxygen atoms in total. The normalized spacial score (nSPS) is 24.2. The van der Waals surface area contributed by atoms with Crippen molar-refractivity contribution in [3.05, 3.63) is 33.9 Å². The summed E-state index contributed by atoms with van der Waals surface area (Å²) >= 11 is 0. The smallest absolute Gasteiger partial charge is 0.293 e. The number of nitro groups is 1. The molecule has 0 bridgehead atoms. The molecule has 1 amide bonds. The lowest BCUT2D eigenvalue weighted by Crippen LogP contribution is -2.42. The van der Waals surface area contributed by atoms with E-state index in [-0.39, 0.29) is 22.6 Å². The minimum atomic E-state index is -0.356. The van der Waals surface area contributed by atoms with Crippen molar-refractivity contribution in [2.24, 2.45) is 5.92 Å². The summed E-state index contributed by atoms with van der Waals surface area (Å²) in [5.74, 6) is 0.442. The maximum Gasteiger partial charge on any atom is 0.293 e. The summed E-state index contributed by atoms with van der Waals surface area (Å²) in [6, 6.07) is 5.18. The second-order valence-corrected chi connectivity index (χ2v) is 7.50. The van der Waals surface area contributed by atoms with Crippen LogP contribution in [0.2, 0.25) is 0 Å². The summed E-state index contributed by atoms with van der Waals surface area (Å²) in [4.78, 5) is 28.0. The summed E-state index contributed by atoms with van der Waals surface area (Å²) in [7, 11) is 0. The molecule has 2 aliphatic rings. The summed E-state index contributed by atoms with van der Waals surface area (Å²) in [5.41, 5.74) is 1.11. The number of piperidine rings is 2. The lowest BCUT2D eigenvalue weighted by Gasteiger charge is -2.34. The number of benzene rings is 1. The molecule has 6 heteroatoms. The highest BCUT2D eigenvalue weighted by atomic mass is 16.6. The fourth-order valence-corrected chi connectivity index (χ4v) is 4.04. The first kappa shape index (κ1) is 17.7. The molecule has 1 aromatic rings. The highest BCUT2D eigenvalue weighted by Gasteiger charge is 2.28. The monoisotopic (exact) mass is 345 g/mol. The Morgan fingerprint density at radius 3 is 2.64 bits per heavy atom. The van der Waals surface area contributed by atoms with E-state index in [9.17, 15) is 14.9 Å². The molecule has 25 heavy (non-hydrogen) atoms. The first-order valence-corrected chi connectivity index (χ1v) is 9.31. The van der Waals surface area contributed by atoms with Crippen molar-refractivity contribution in [1.29, 1.82) is 0 Å². The van der Waals surface area contributed by atoms with Crippen LogP contribution in [0.15, 0.2) is 18.2 Å². The van der Waals surface area contributed by atoms with Crippen molar-refractivity contribution in [3.63, 3.8) is 0 Å². The molecule has 0 N–H and O–H groups in total. The van der Waals surface area contributed by atoms with Gasteiger partial charge < -0.3 is 9.80 Å². The standard InChI is InChI=1S/C19H27N3O3/c1-14-6-5-10-20(13-14)17-9-8-16(12-18(17)22(24)25)19(23)21-11-4-3-7-15(21)2/h8-9,12,14-15H,3-7,10-11,13H2,1-2H3. The van der Waals surface area contributed by atoms with Gasteiger partial charge in [0.1, 0.15) is 5.69 Å². The Morgan fingerprint density at radius 1 is 1.16 bits per heavy atom. The Hall–Kier alpha value is -2.11. The van der Waals surface area contributed by atoms with Crippen LogP contribution in [0.5, 0.6) is 0 Å². The predicted molar refractivity (Wildman–Crippen MR) is 98.1 cm³/mol. The van der Waals surface area contributed by atoms with E-state index in [2.05, 4.69) is 18.7 Å². The average Bonchev–Trinajstić information content (AvgIpc) is 2.61. The van der Waals surface area contributed by atoms with Gasteiger partial charge in [-0.25, -0.2) is 0 Å². The number of likely N-dealkylation sites (tertiary alicyclic amines) is 1. The van der Waals surface area contributed by atoms with E-state index in [1.807, 2.05) is 4.90 Å². The molecule has 2 saturated heterocycles. The van der Waals surface area contributed by atoms with Gasteiger partial charge in [-0.3, -0.25) is 14.9 Å². The molecule has 2 fully saturated rings. The van der Waals surface area contributed by atoms with Crippen LogP contribution in [0.4, 0.5) is 11.4 Å². The topological polar surface area (TPSA) is 66.7 Å². The zero-order valence-corrected chi connectivity index (χ0v) is 15.1. The van der Waals surface area contributed by atoms with Crippen molar-refractivity contribution in [2.75, 3.05) is 24.5 Å². The first-order chi connectivity index (χ1) is 12.0. The molecule has 0 spiro atoms. The highest BCUT2D eigenvalue weighted by molar-refractivity contribution is 5.96. The van der Waals surface area contributed by atoms with E-state index < -0.39 is 0 Å². The van der Waals surface area contributed by atoms with Gasteiger partial charge in [0.25, 0.3) is 11.6 Å². The molecular weight excluding hydrogens is 318 g/mol. The number of carbonyl (C=O) groups is 1. The molecule has 2 unspecified atom stereocenters. The fourth-order valence-electron chi connectivity index (χ4n) is 4.04. The quantitative estimate of drug-likeness (QED) is 0.616. The molecule has 0 radical (unpaired) electrons. The van der Waals surface area contributed by atoms with Crippen LogP contribution in [-0.4, -0.2) is 41.4 Å². The highest BCUT2D eigenvalue weighted by Crippen LogP contribution is 2.33. The van der Waals surface area contributed by atoms with Gasteiger partial charge in [0, 0.05) is 37.3 Å². The van der Waals surface area contributed by atoms with Crippen LogP contribution < -0.4 is 4.90 Å². The molecular formula is C19H27N3O3. The van der Waals surface area contributed by atoms with Crippen LogP contribution >= 0.6 is 0 Å². The van der Waals surface area contributed by atoms with Crippen molar-refractivity contribution in [1.82, 2.24) is 4.90 Å². The van der Waals surface area contributed by atoms with E-state index in [1.165, 1.54) is 6.07 Å². The number of nitro benzene ring substituents is 1. The van der Waals surface area contributed by atoms with E-state index in [0.29, 0.717) is 17.2 Å². The Labute approximate surface area is 148 Å². The number of carbonyl (C=O) groups excluding carboxylic acids is 1. The molecule has 0 aliphatic carbocycles. The van der Waals surface area contributed by atoms with E-state index >= 15 is 0 Å². The predicted octanol–water partition coefficient (Wildman–Crippen LogP) is 3.85. The van der Waals surface area contributed by atoms with Gasteiger partial charge in [-0.2, -0.15) is 0 Å². The van der Waals surface area contributed by atoms with E-state index in [4.69, 9.17) is 0 Å². The van der Waals surface area contributed by atoms with Gasteiger partial charge >= 0.3 is 0 Å². The maximum absolute atomic E-state index is 12.8. The zero-order valence-electron chi connectivity index (χ0n) is 15.1. The van der Waals surface area contributed by atoms with Gasteiger partial charge in [0.2, 0.25) is 0 Å². The number of rotatable bonds is 3. The number of anilines is 1. The Kier molecular flexibility index (Phi) is 5.25. The molecule has 2 atom stereocenters. The third-order valence-electron chi connectivity index (χ3n) is 5.48. The van der Waals surface area contributed by atoms with E-state index in [0.717, 1.165) is 51.7 Å². The van der Waals surface area contributed by atoms with Gasteiger partial charge in [-0.1, -0.05) is 6.92 Å². The number of hydrogen-bond acceptors (Lipinski definition) is 4. The third kappa shape index (κ3) is 3.78. The van der Waals surface area contributed by atoms with Crippen LogP contribution in [0.3, 0.4) is 0 Å². The molecule has 1 aromatic carbocycles. The Bertz CT molecular complexity index is 661. The largest absolute Gasteiger partial charge is 0.366 e. The molecule has 2 aliphatic heterocycles. The zero-order chi connectivity index (χ0) is 18.0. The second-order valence-electron chi connectivity index (χ2n) is 7.50.